The van der Waals surface area contributed by atoms with Crippen LogP contribution >= 0.6 is 45.3 Å². The molecule has 0 aliphatic carbocycles. The highest BCUT2D eigenvalue weighted by Crippen LogP contribution is 2.50. The van der Waals surface area contributed by atoms with E-state index in [2.05, 4.69) is 106 Å². The number of aromatic nitrogens is 1. The van der Waals surface area contributed by atoms with Crippen molar-refractivity contribution in [2.45, 2.75) is 170 Å². The van der Waals surface area contributed by atoms with Gasteiger partial charge in [-0.3, -0.25) is 14.4 Å². The van der Waals surface area contributed by atoms with Crippen molar-refractivity contribution >= 4 is 91.1 Å². The summed E-state index contributed by atoms with van der Waals surface area (Å²) in [7, 11) is 0. The zero-order chi connectivity index (χ0) is 52.6. The van der Waals surface area contributed by atoms with Crippen molar-refractivity contribution in [1.82, 2.24) is 9.47 Å². The predicted molar refractivity (Wildman–Crippen MR) is 315 cm³/mol. The van der Waals surface area contributed by atoms with Crippen LogP contribution in [-0.4, -0.2) is 50.6 Å². The Morgan fingerprint density at radius 1 is 0.541 bits per heavy atom. The van der Waals surface area contributed by atoms with E-state index in [9.17, 15) is 29.9 Å². The van der Waals surface area contributed by atoms with Gasteiger partial charge in [0.25, 0.3) is 5.91 Å². The fourth-order valence-electron chi connectivity index (χ4n) is 10.2. The summed E-state index contributed by atoms with van der Waals surface area (Å²) in [6.07, 6.45) is 23.7. The van der Waals surface area contributed by atoms with Gasteiger partial charge in [0.1, 0.15) is 24.7 Å². The summed E-state index contributed by atoms with van der Waals surface area (Å²) >= 11 is 7.34. The molecule has 0 radical (unpaired) electrons. The Hall–Kier alpha value is -5.32. The smallest absolute Gasteiger partial charge is 0.323 e. The molecule has 0 saturated carbocycles. The standard InChI is InChI=1S/C62H75N3O5S4/c1-6-11-15-19-25-42-34-54(71-52(42)38-47(39-63)62(70)64(40-57(66)67)41-58(68)69)59-45(27-21-17-13-8-3)36-56(73-59)61-46(28-22-18-14-9-4)37-55(74-61)60-44(26-20-16-12-7-2)35-53(72-60)43-31-32-51-49(33-43)48-29-23-24-30-50(48)65(51)10-5/h23-24,29-38H,6-22,25-28,40-41H2,1-5H3,(H,66,67)(H,68,69)/b47-38+. The highest BCUT2D eigenvalue weighted by atomic mass is 32.1. The van der Waals surface area contributed by atoms with Crippen LogP contribution in [0.5, 0.6) is 0 Å². The second-order valence-corrected chi connectivity index (χ2v) is 24.0. The van der Waals surface area contributed by atoms with E-state index in [0.717, 1.165) is 98.9 Å². The number of aryl methyl sites for hydroxylation is 5. The molecule has 8 nitrogen and oxygen atoms in total. The van der Waals surface area contributed by atoms with E-state index in [4.69, 9.17) is 0 Å². The van der Waals surface area contributed by atoms with Crippen molar-refractivity contribution in [1.29, 1.82) is 5.26 Å². The average Bonchev–Trinajstić information content (AvgIpc) is 4.25. The number of carboxylic acid groups (broad SMARTS) is 2. The second kappa shape index (κ2) is 28.0. The number of carbonyl (C=O) groups excluding carboxylic acids is 1. The van der Waals surface area contributed by atoms with Gasteiger partial charge in [0.05, 0.1) is 0 Å². The zero-order valence-corrected chi connectivity index (χ0v) is 47.6. The lowest BCUT2D eigenvalue weighted by Crippen LogP contribution is -2.40. The molecule has 392 valence electrons. The fourth-order valence-corrected chi connectivity index (χ4v) is 15.4. The Labute approximate surface area is 455 Å². The topological polar surface area (TPSA) is 124 Å². The third-order valence-electron chi connectivity index (χ3n) is 14.1. The third kappa shape index (κ3) is 14.1. The average molecular weight is 1070 g/mol. The van der Waals surface area contributed by atoms with Gasteiger partial charge in [-0.25, -0.2) is 0 Å². The highest BCUT2D eigenvalue weighted by Gasteiger charge is 2.26. The number of unbranched alkanes of at least 4 members (excludes halogenated alkanes) is 12. The number of hydrogen-bond donors (Lipinski definition) is 2. The van der Waals surface area contributed by atoms with Crippen molar-refractivity contribution in [3.8, 4) is 45.8 Å². The molecule has 0 aliphatic rings. The molecule has 0 saturated heterocycles. The van der Waals surface area contributed by atoms with Gasteiger partial charge >= 0.3 is 11.9 Å². The molecule has 2 N–H and O–H groups in total. The van der Waals surface area contributed by atoms with E-state index in [1.807, 2.05) is 40.1 Å². The summed E-state index contributed by atoms with van der Waals surface area (Å²) < 4.78 is 2.43. The molecular weight excluding hydrogens is 995 g/mol. The number of para-hydroxylation sites is 1. The Kier molecular flexibility index (Phi) is 21.3. The number of carboxylic acids is 2. The number of fused-ring (bicyclic) bond motifs is 3. The third-order valence-corrected chi connectivity index (χ3v) is 19.3. The lowest BCUT2D eigenvalue weighted by atomic mass is 10.0. The first-order valence-corrected chi connectivity index (χ1v) is 30.7. The van der Waals surface area contributed by atoms with Gasteiger partial charge in [-0.1, -0.05) is 129 Å². The normalized spacial score (nSPS) is 11.8. The fraction of sp³-hybridized carbons (Fsp3) is 0.452. The molecule has 5 aromatic heterocycles. The molecule has 12 heteroatoms. The largest absolute Gasteiger partial charge is 0.480 e. The SMILES string of the molecule is CCCCCCc1cc(-c2sc(-c3sc(-c4sc(-c5ccc6c(c5)c5ccccc5n6CC)cc4CCCCCC)cc3CCCCCC)cc2CCCCCC)sc1/C=C(\C#N)C(=O)N(CC(=O)O)CC(=O)O. The summed E-state index contributed by atoms with van der Waals surface area (Å²) in [6, 6.07) is 27.6. The molecule has 1 amide bonds. The molecule has 7 rings (SSSR count). The first-order chi connectivity index (χ1) is 36.0. The molecule has 0 unspecified atom stereocenters. The number of nitriles is 1. The Balaban J connectivity index is 1.34. The van der Waals surface area contributed by atoms with Crippen LogP contribution in [0.4, 0.5) is 0 Å². The Morgan fingerprint density at radius 3 is 1.47 bits per heavy atom. The van der Waals surface area contributed by atoms with Crippen LogP contribution in [0.3, 0.4) is 0 Å². The van der Waals surface area contributed by atoms with E-state index in [-0.39, 0.29) is 5.57 Å². The number of thiophene rings is 4. The zero-order valence-electron chi connectivity index (χ0n) is 44.3. The lowest BCUT2D eigenvalue weighted by Gasteiger charge is -2.17. The van der Waals surface area contributed by atoms with Gasteiger partial charge < -0.3 is 19.7 Å². The van der Waals surface area contributed by atoms with Gasteiger partial charge in [0, 0.05) is 67.4 Å². The number of benzene rings is 2. The minimum absolute atomic E-state index is 0.271. The van der Waals surface area contributed by atoms with E-state index in [1.54, 1.807) is 17.4 Å². The second-order valence-electron chi connectivity index (χ2n) is 19.7. The Morgan fingerprint density at radius 2 is 0.986 bits per heavy atom. The van der Waals surface area contributed by atoms with Gasteiger partial charge in [-0.15, -0.1) is 45.3 Å². The van der Waals surface area contributed by atoms with Gasteiger partial charge in [0.15, 0.2) is 0 Å². The maximum absolute atomic E-state index is 13.7. The minimum Gasteiger partial charge on any atom is -0.480 e. The summed E-state index contributed by atoms with van der Waals surface area (Å²) in [4.78, 5) is 47.6. The molecule has 0 atom stereocenters. The number of nitrogens with zero attached hydrogens (tertiary/aromatic N) is 3. The molecule has 5 heterocycles. The number of aliphatic carboxylic acids is 2. The van der Waals surface area contributed by atoms with Crippen molar-refractivity contribution in [2.24, 2.45) is 0 Å². The van der Waals surface area contributed by atoms with Crippen molar-refractivity contribution in [2.75, 3.05) is 13.1 Å². The van der Waals surface area contributed by atoms with Crippen molar-refractivity contribution in [3.05, 3.63) is 99.4 Å². The maximum Gasteiger partial charge on any atom is 0.323 e. The monoisotopic (exact) mass is 1070 g/mol. The van der Waals surface area contributed by atoms with Crippen LogP contribution in [0.25, 0.3) is 67.6 Å². The van der Waals surface area contributed by atoms with Crippen LogP contribution < -0.4 is 0 Å². The van der Waals surface area contributed by atoms with Crippen LogP contribution in [0.2, 0.25) is 0 Å². The number of amides is 1. The number of rotatable bonds is 31. The number of hydrogen-bond acceptors (Lipinski definition) is 8. The molecule has 74 heavy (non-hydrogen) atoms. The maximum atomic E-state index is 13.7. The van der Waals surface area contributed by atoms with Gasteiger partial charge in [0.2, 0.25) is 0 Å². The van der Waals surface area contributed by atoms with E-state index < -0.39 is 30.9 Å². The van der Waals surface area contributed by atoms with Crippen molar-refractivity contribution < 1.29 is 24.6 Å². The summed E-state index contributed by atoms with van der Waals surface area (Å²) in [6.45, 7) is 10.5. The van der Waals surface area contributed by atoms with Crippen LogP contribution in [-0.2, 0) is 46.6 Å². The molecule has 0 bridgehead atoms. The summed E-state index contributed by atoms with van der Waals surface area (Å²) in [5.41, 5.74) is 8.79. The molecular formula is C62H75N3O5S4. The summed E-state index contributed by atoms with van der Waals surface area (Å²) in [5.74, 6) is -3.59. The van der Waals surface area contributed by atoms with E-state index in [1.165, 1.54) is 125 Å². The molecule has 0 fully saturated rings. The van der Waals surface area contributed by atoms with E-state index in [0.29, 0.717) is 4.90 Å². The van der Waals surface area contributed by atoms with Crippen molar-refractivity contribution in [3.63, 3.8) is 0 Å². The molecule has 0 spiro atoms. The quantitative estimate of drug-likeness (QED) is 0.0253. The molecule has 0 aliphatic heterocycles. The Bertz CT molecular complexity index is 3060. The molecule has 7 aromatic rings. The summed E-state index contributed by atoms with van der Waals surface area (Å²) in [5, 5.41) is 32.0. The van der Waals surface area contributed by atoms with Gasteiger partial charge in [-0.2, -0.15) is 5.26 Å². The predicted octanol–water partition coefficient (Wildman–Crippen LogP) is 18.1. The highest BCUT2D eigenvalue weighted by molar-refractivity contribution is 7.29. The van der Waals surface area contributed by atoms with Crippen LogP contribution in [0, 0.1) is 11.3 Å². The first-order valence-electron chi connectivity index (χ1n) is 27.4. The van der Waals surface area contributed by atoms with E-state index >= 15 is 0 Å². The van der Waals surface area contributed by atoms with Crippen LogP contribution in [0.1, 0.15) is 164 Å². The lowest BCUT2D eigenvalue weighted by molar-refractivity contribution is -0.147. The van der Waals surface area contributed by atoms with Crippen LogP contribution in [0.15, 0.2) is 72.3 Å². The van der Waals surface area contributed by atoms with Gasteiger partial charge in [-0.05, 0) is 135 Å². The first kappa shape index (κ1) is 56.4. The number of carbonyl (C=O) groups is 3. The molecule has 2 aromatic carbocycles. The minimum atomic E-state index is -1.35.